The quantitative estimate of drug-likeness (QED) is 0.200. The molecule has 0 unspecified atom stereocenters. The summed E-state index contributed by atoms with van der Waals surface area (Å²) >= 11 is 0. The third-order valence-electron chi connectivity index (χ3n) is 4.50. The zero-order chi connectivity index (χ0) is 28.2. The van der Waals surface area contributed by atoms with Crippen molar-refractivity contribution in [3.8, 4) is 23.0 Å². The average molecular weight is 554 g/mol. The van der Waals surface area contributed by atoms with Crippen molar-refractivity contribution in [1.82, 2.24) is 0 Å². The third-order valence-corrected chi connectivity index (χ3v) is 4.50. The molecule has 3 rings (SSSR count). The Kier molecular flexibility index (Phi) is 6.78. The standard InChI is InChI=1S/C20H7F13N2O2/c21-10-6(34)2-8(12(23)14(10)25)36-17-4(19(28,29)30)1-5(20(31,32)33)18(16(17)27)37-9-3-7(35)11(22)15(26)13(9)24/h1-3H,34-35H2. The maximum Gasteiger partial charge on any atom is 0.420 e. The first-order valence-electron chi connectivity index (χ1n) is 9.08. The summed E-state index contributed by atoms with van der Waals surface area (Å²) < 4.78 is 187. The fraction of sp³-hybridized carbons (Fsp3) is 0.100. The predicted octanol–water partition coefficient (Wildman–Crippen LogP) is 7.45. The van der Waals surface area contributed by atoms with E-state index in [1.807, 2.05) is 0 Å². The van der Waals surface area contributed by atoms with Crippen LogP contribution in [0.5, 0.6) is 23.0 Å². The van der Waals surface area contributed by atoms with Crippen LogP contribution in [0.1, 0.15) is 11.1 Å². The highest BCUT2D eigenvalue weighted by molar-refractivity contribution is 5.56. The van der Waals surface area contributed by atoms with Gasteiger partial charge in [-0.3, -0.25) is 0 Å². The van der Waals surface area contributed by atoms with Crippen LogP contribution in [0.15, 0.2) is 18.2 Å². The molecule has 4 nitrogen and oxygen atoms in total. The van der Waals surface area contributed by atoms with Crippen LogP contribution in [0, 0.1) is 40.7 Å². The molecule has 37 heavy (non-hydrogen) atoms. The zero-order valence-electron chi connectivity index (χ0n) is 17.1. The van der Waals surface area contributed by atoms with Crippen molar-refractivity contribution in [1.29, 1.82) is 0 Å². The molecule has 17 heteroatoms. The highest BCUT2D eigenvalue weighted by Gasteiger charge is 2.45. The Balaban J connectivity index is 2.35. The molecule has 0 bridgehead atoms. The van der Waals surface area contributed by atoms with Crippen LogP contribution in [0.2, 0.25) is 0 Å². The van der Waals surface area contributed by atoms with Crippen molar-refractivity contribution in [2.24, 2.45) is 0 Å². The minimum absolute atomic E-state index is 0.0429. The first kappa shape index (κ1) is 27.5. The Bertz CT molecular complexity index is 1300. The topological polar surface area (TPSA) is 70.5 Å². The summed E-state index contributed by atoms with van der Waals surface area (Å²) in [6, 6.07) is -0.724. The number of halogens is 13. The van der Waals surface area contributed by atoms with Crippen LogP contribution in [-0.2, 0) is 12.4 Å². The fourth-order valence-electron chi connectivity index (χ4n) is 2.80. The molecule has 200 valence electrons. The van der Waals surface area contributed by atoms with E-state index >= 15 is 4.39 Å². The van der Waals surface area contributed by atoms with Crippen molar-refractivity contribution in [2.45, 2.75) is 12.4 Å². The van der Waals surface area contributed by atoms with E-state index in [9.17, 15) is 52.7 Å². The number of nitrogen functional groups attached to an aromatic ring is 2. The predicted molar refractivity (Wildman–Crippen MR) is 98.0 cm³/mol. The summed E-state index contributed by atoms with van der Waals surface area (Å²) in [4.78, 5) is 0. The Morgan fingerprint density at radius 2 is 0.784 bits per heavy atom. The van der Waals surface area contributed by atoms with Crippen molar-refractivity contribution < 1.29 is 66.5 Å². The highest BCUT2D eigenvalue weighted by Crippen LogP contribution is 2.50. The number of hydrogen-bond donors (Lipinski definition) is 2. The smallest absolute Gasteiger partial charge is 0.420 e. The number of ether oxygens (including phenoxy) is 2. The van der Waals surface area contributed by atoms with Gasteiger partial charge in [-0.15, -0.1) is 0 Å². The van der Waals surface area contributed by atoms with E-state index in [4.69, 9.17) is 11.5 Å². The van der Waals surface area contributed by atoms with Gasteiger partial charge in [0.25, 0.3) is 0 Å². The van der Waals surface area contributed by atoms with Gasteiger partial charge in [0.05, 0.1) is 11.4 Å². The van der Waals surface area contributed by atoms with E-state index in [1.54, 1.807) is 0 Å². The SMILES string of the molecule is Nc1cc(Oc2c(C(F)(F)F)cc(C(F)(F)F)c(Oc3cc(N)c(F)c(F)c3F)c2F)c(F)c(F)c1F. The molecule has 0 radical (unpaired) electrons. The monoisotopic (exact) mass is 554 g/mol. The Morgan fingerprint density at radius 3 is 1.08 bits per heavy atom. The summed E-state index contributed by atoms with van der Waals surface area (Å²) in [5, 5.41) is 0. The maximum atomic E-state index is 15.2. The largest absolute Gasteiger partial charge is 0.450 e. The van der Waals surface area contributed by atoms with Gasteiger partial charge in [0, 0.05) is 12.1 Å². The molecule has 4 N–H and O–H groups in total. The molecular weight excluding hydrogens is 547 g/mol. The summed E-state index contributed by atoms with van der Waals surface area (Å²) in [6.45, 7) is 0. The Hall–Kier alpha value is -4.05. The summed E-state index contributed by atoms with van der Waals surface area (Å²) in [5.41, 5.74) is 2.35. The second kappa shape index (κ2) is 9.11. The third kappa shape index (κ3) is 4.97. The van der Waals surface area contributed by atoms with E-state index in [2.05, 4.69) is 9.47 Å². The van der Waals surface area contributed by atoms with Crippen LogP contribution in [-0.4, -0.2) is 0 Å². The van der Waals surface area contributed by atoms with Gasteiger partial charge in [-0.25, -0.2) is 17.6 Å². The second-order valence-electron chi connectivity index (χ2n) is 6.96. The van der Waals surface area contributed by atoms with Crippen LogP contribution in [0.25, 0.3) is 0 Å². The van der Waals surface area contributed by atoms with Crippen molar-refractivity contribution in [3.05, 3.63) is 70.0 Å². The first-order valence-corrected chi connectivity index (χ1v) is 9.08. The molecule has 0 aliphatic heterocycles. The molecule has 0 aliphatic rings. The minimum Gasteiger partial charge on any atom is -0.450 e. The van der Waals surface area contributed by atoms with Crippen molar-refractivity contribution in [2.75, 3.05) is 11.5 Å². The van der Waals surface area contributed by atoms with Gasteiger partial charge in [0.1, 0.15) is 11.1 Å². The number of nitrogens with two attached hydrogens (primary N) is 2. The molecule has 0 aliphatic carbocycles. The minimum atomic E-state index is -5.87. The molecule has 0 saturated heterocycles. The Morgan fingerprint density at radius 1 is 0.459 bits per heavy atom. The van der Waals surface area contributed by atoms with Crippen LogP contribution < -0.4 is 20.9 Å². The van der Waals surface area contributed by atoms with E-state index in [1.165, 1.54) is 0 Å². The van der Waals surface area contributed by atoms with Gasteiger partial charge in [-0.2, -0.15) is 39.5 Å². The van der Waals surface area contributed by atoms with Gasteiger partial charge in [0.15, 0.2) is 46.3 Å². The molecule has 0 heterocycles. The van der Waals surface area contributed by atoms with E-state index in [-0.39, 0.29) is 12.1 Å². The average Bonchev–Trinajstić information content (AvgIpc) is 2.78. The van der Waals surface area contributed by atoms with Gasteiger partial charge < -0.3 is 20.9 Å². The lowest BCUT2D eigenvalue weighted by Gasteiger charge is -2.21. The van der Waals surface area contributed by atoms with E-state index in [0.717, 1.165) is 0 Å². The lowest BCUT2D eigenvalue weighted by Crippen LogP contribution is -2.16. The van der Waals surface area contributed by atoms with E-state index < -0.39 is 105 Å². The zero-order valence-corrected chi connectivity index (χ0v) is 17.1. The number of alkyl halides is 6. The number of anilines is 2. The summed E-state index contributed by atoms with van der Waals surface area (Å²) in [5.74, 6) is -24.3. The summed E-state index contributed by atoms with van der Waals surface area (Å²) in [6.07, 6.45) is -11.7. The molecule has 0 atom stereocenters. The number of benzene rings is 3. The van der Waals surface area contributed by atoms with Crippen LogP contribution in [0.4, 0.5) is 68.5 Å². The lowest BCUT2D eigenvalue weighted by molar-refractivity contribution is -0.144. The molecule has 0 fully saturated rings. The summed E-state index contributed by atoms with van der Waals surface area (Å²) in [7, 11) is 0. The first-order chi connectivity index (χ1) is 16.9. The lowest BCUT2D eigenvalue weighted by atomic mass is 10.1. The number of rotatable bonds is 4. The van der Waals surface area contributed by atoms with Crippen LogP contribution >= 0.6 is 0 Å². The van der Waals surface area contributed by atoms with Crippen molar-refractivity contribution in [3.63, 3.8) is 0 Å². The molecule has 0 amide bonds. The van der Waals surface area contributed by atoms with Crippen LogP contribution in [0.3, 0.4) is 0 Å². The van der Waals surface area contributed by atoms with Gasteiger partial charge in [0.2, 0.25) is 17.5 Å². The van der Waals surface area contributed by atoms with Gasteiger partial charge >= 0.3 is 12.4 Å². The maximum absolute atomic E-state index is 15.2. The molecule has 3 aromatic carbocycles. The van der Waals surface area contributed by atoms with Gasteiger partial charge in [-0.1, -0.05) is 0 Å². The highest BCUT2D eigenvalue weighted by atomic mass is 19.4. The van der Waals surface area contributed by atoms with Crippen molar-refractivity contribution >= 4 is 11.4 Å². The molecule has 0 spiro atoms. The van der Waals surface area contributed by atoms with Gasteiger partial charge in [-0.05, 0) is 6.07 Å². The second-order valence-corrected chi connectivity index (χ2v) is 6.96. The molecular formula is C20H7F13N2O2. The molecule has 3 aromatic rings. The Labute approximate surface area is 195 Å². The number of hydrogen-bond acceptors (Lipinski definition) is 4. The molecule has 0 saturated carbocycles. The van der Waals surface area contributed by atoms with E-state index in [0.29, 0.717) is 0 Å². The normalized spacial score (nSPS) is 12.1. The fourth-order valence-corrected chi connectivity index (χ4v) is 2.80. The molecule has 0 aromatic heterocycles.